The van der Waals surface area contributed by atoms with E-state index >= 15 is 0 Å². The molecule has 2 aliphatic heterocycles. The van der Waals surface area contributed by atoms with Crippen molar-refractivity contribution in [3.8, 4) is 0 Å². The van der Waals surface area contributed by atoms with E-state index in [9.17, 15) is 35.7 Å². The fourth-order valence-corrected chi connectivity index (χ4v) is 3.08. The SMILES string of the molecule is NCCOCCO[C@H]1O[C@@H](CO)[C@@H](O)[C@H](O)[C@@H]1O[C@H]1O[C@H](CO)[C@@H](O)[C@H](O)[C@@H]1O. The fraction of sp³-hybridized carbons (Fsp3) is 1.00. The van der Waals surface area contributed by atoms with E-state index in [1.54, 1.807) is 0 Å². The maximum Gasteiger partial charge on any atom is 0.187 e. The van der Waals surface area contributed by atoms with E-state index in [0.717, 1.165) is 0 Å². The normalized spacial score (nSPS) is 43.4. The molecule has 0 aromatic carbocycles. The van der Waals surface area contributed by atoms with Crippen LogP contribution >= 0.6 is 0 Å². The Morgan fingerprint density at radius 3 is 1.86 bits per heavy atom. The smallest absolute Gasteiger partial charge is 0.187 e. The molecular weight excluding hydrogens is 398 g/mol. The van der Waals surface area contributed by atoms with E-state index in [-0.39, 0.29) is 13.2 Å². The summed E-state index contributed by atoms with van der Waals surface area (Å²) >= 11 is 0. The molecule has 2 heterocycles. The summed E-state index contributed by atoms with van der Waals surface area (Å²) in [6, 6.07) is 0. The largest absolute Gasteiger partial charge is 0.394 e. The Kier molecular flexibility index (Phi) is 10.0. The highest BCUT2D eigenvalue weighted by atomic mass is 16.8. The van der Waals surface area contributed by atoms with E-state index < -0.39 is 74.6 Å². The van der Waals surface area contributed by atoms with Gasteiger partial charge in [0.15, 0.2) is 12.6 Å². The highest BCUT2D eigenvalue weighted by Gasteiger charge is 2.50. The first kappa shape index (κ1) is 24.7. The Balaban J connectivity index is 2.07. The molecule has 0 unspecified atom stereocenters. The van der Waals surface area contributed by atoms with Gasteiger partial charge in [-0.3, -0.25) is 0 Å². The van der Waals surface area contributed by atoms with E-state index in [0.29, 0.717) is 13.2 Å². The molecule has 0 spiro atoms. The lowest BCUT2D eigenvalue weighted by atomic mass is 9.97. The molecule has 10 atom stereocenters. The molecule has 2 fully saturated rings. The molecule has 0 aliphatic carbocycles. The first-order valence-corrected chi connectivity index (χ1v) is 9.33. The molecule has 0 bridgehead atoms. The Bertz CT molecular complexity index is 471. The van der Waals surface area contributed by atoms with Crippen LogP contribution in [0.15, 0.2) is 0 Å². The minimum atomic E-state index is -1.72. The van der Waals surface area contributed by atoms with Gasteiger partial charge >= 0.3 is 0 Å². The number of aliphatic hydroxyl groups excluding tert-OH is 7. The topological polar surface area (TPSA) is 214 Å². The molecule has 13 heteroatoms. The third kappa shape index (κ3) is 6.01. The Morgan fingerprint density at radius 2 is 1.28 bits per heavy atom. The van der Waals surface area contributed by atoms with Crippen LogP contribution in [0.4, 0.5) is 0 Å². The first-order valence-electron chi connectivity index (χ1n) is 9.33. The zero-order valence-corrected chi connectivity index (χ0v) is 15.8. The molecule has 0 aromatic rings. The lowest BCUT2D eigenvalue weighted by Crippen LogP contribution is -2.64. The number of rotatable bonds is 10. The van der Waals surface area contributed by atoms with Gasteiger partial charge in [0.25, 0.3) is 0 Å². The molecule has 29 heavy (non-hydrogen) atoms. The molecule has 13 nitrogen and oxygen atoms in total. The van der Waals surface area contributed by atoms with Crippen LogP contribution < -0.4 is 5.73 Å². The van der Waals surface area contributed by atoms with Gasteiger partial charge in [0.1, 0.15) is 48.8 Å². The summed E-state index contributed by atoms with van der Waals surface area (Å²) in [5, 5.41) is 69.0. The minimum absolute atomic E-state index is 0.000171. The number of aliphatic hydroxyl groups is 7. The van der Waals surface area contributed by atoms with Gasteiger partial charge in [-0.25, -0.2) is 0 Å². The lowest BCUT2D eigenvalue weighted by Gasteiger charge is -2.45. The monoisotopic (exact) mass is 429 g/mol. The summed E-state index contributed by atoms with van der Waals surface area (Å²) in [5.74, 6) is 0. The maximum atomic E-state index is 10.4. The predicted octanol–water partition coefficient (Wildman–Crippen LogP) is -5.40. The Morgan fingerprint density at radius 1 is 0.690 bits per heavy atom. The quantitative estimate of drug-likeness (QED) is 0.152. The highest BCUT2D eigenvalue weighted by Crippen LogP contribution is 2.29. The van der Waals surface area contributed by atoms with Crippen LogP contribution in [0.3, 0.4) is 0 Å². The summed E-state index contributed by atoms with van der Waals surface area (Å²) in [5.41, 5.74) is 5.31. The molecule has 0 radical (unpaired) electrons. The van der Waals surface area contributed by atoms with Crippen molar-refractivity contribution in [3.63, 3.8) is 0 Å². The molecule has 2 aliphatic rings. The second-order valence-corrected chi connectivity index (χ2v) is 6.78. The van der Waals surface area contributed by atoms with Gasteiger partial charge in [-0.15, -0.1) is 0 Å². The average molecular weight is 429 g/mol. The van der Waals surface area contributed by atoms with Gasteiger partial charge < -0.3 is 65.2 Å². The van der Waals surface area contributed by atoms with Crippen molar-refractivity contribution in [2.24, 2.45) is 5.73 Å². The molecule has 2 rings (SSSR count). The van der Waals surface area contributed by atoms with Crippen LogP contribution in [-0.4, -0.2) is 137 Å². The minimum Gasteiger partial charge on any atom is -0.394 e. The van der Waals surface area contributed by atoms with Gasteiger partial charge in [-0.05, 0) is 0 Å². The highest BCUT2D eigenvalue weighted by molar-refractivity contribution is 4.93. The number of hydrogen-bond donors (Lipinski definition) is 8. The fourth-order valence-electron chi connectivity index (χ4n) is 3.08. The van der Waals surface area contributed by atoms with Gasteiger partial charge in [0.2, 0.25) is 0 Å². The van der Waals surface area contributed by atoms with Gasteiger partial charge in [0.05, 0.1) is 33.0 Å². The third-order valence-corrected chi connectivity index (χ3v) is 4.74. The summed E-state index contributed by atoms with van der Waals surface area (Å²) in [7, 11) is 0. The zero-order chi connectivity index (χ0) is 21.6. The van der Waals surface area contributed by atoms with Crippen molar-refractivity contribution in [1.29, 1.82) is 0 Å². The second kappa shape index (κ2) is 11.8. The Hall–Kier alpha value is -0.520. The number of nitrogens with two attached hydrogens (primary N) is 1. The summed E-state index contributed by atoms with van der Waals surface area (Å²) in [6.07, 6.45) is -14.8. The average Bonchev–Trinajstić information content (AvgIpc) is 2.72. The van der Waals surface area contributed by atoms with Gasteiger partial charge in [-0.1, -0.05) is 0 Å². The molecule has 0 aromatic heterocycles. The molecule has 2 saturated heterocycles. The molecule has 9 N–H and O–H groups in total. The van der Waals surface area contributed by atoms with E-state index in [2.05, 4.69) is 0 Å². The zero-order valence-electron chi connectivity index (χ0n) is 15.8. The number of ether oxygens (including phenoxy) is 5. The Labute approximate surface area is 167 Å². The standard InChI is InChI=1S/C16H31NO12/c17-1-2-25-3-4-26-16-14(12(23)10(21)8(6-19)28-16)29-15-13(24)11(22)9(20)7(5-18)27-15/h7-16,18-24H,1-6,17H2/t7-,8+,9-,10-,11+,12+,13+,14+,15-,16+/m1/s1. The van der Waals surface area contributed by atoms with Gasteiger partial charge in [-0.2, -0.15) is 0 Å². The van der Waals surface area contributed by atoms with Crippen molar-refractivity contribution in [1.82, 2.24) is 0 Å². The summed E-state index contributed by atoms with van der Waals surface area (Å²) in [6.45, 7) is -0.496. The van der Waals surface area contributed by atoms with E-state index in [4.69, 9.17) is 29.4 Å². The molecule has 0 amide bonds. The van der Waals surface area contributed by atoms with E-state index in [1.807, 2.05) is 0 Å². The van der Waals surface area contributed by atoms with Crippen molar-refractivity contribution in [3.05, 3.63) is 0 Å². The van der Waals surface area contributed by atoms with Crippen LogP contribution in [0.25, 0.3) is 0 Å². The van der Waals surface area contributed by atoms with Crippen molar-refractivity contribution >= 4 is 0 Å². The van der Waals surface area contributed by atoms with Crippen LogP contribution in [-0.2, 0) is 23.7 Å². The third-order valence-electron chi connectivity index (χ3n) is 4.74. The lowest BCUT2D eigenvalue weighted by molar-refractivity contribution is -0.367. The molecule has 0 saturated carbocycles. The van der Waals surface area contributed by atoms with Crippen LogP contribution in [0.1, 0.15) is 0 Å². The van der Waals surface area contributed by atoms with E-state index in [1.165, 1.54) is 0 Å². The van der Waals surface area contributed by atoms with Crippen LogP contribution in [0, 0.1) is 0 Å². The first-order chi connectivity index (χ1) is 13.8. The predicted molar refractivity (Wildman–Crippen MR) is 92.2 cm³/mol. The van der Waals surface area contributed by atoms with Crippen molar-refractivity contribution in [2.75, 3.05) is 39.6 Å². The molecular formula is C16H31NO12. The maximum absolute atomic E-state index is 10.4. The number of hydrogen-bond acceptors (Lipinski definition) is 13. The summed E-state index contributed by atoms with van der Waals surface area (Å²) < 4.78 is 26.8. The van der Waals surface area contributed by atoms with Crippen LogP contribution in [0.2, 0.25) is 0 Å². The van der Waals surface area contributed by atoms with Crippen LogP contribution in [0.5, 0.6) is 0 Å². The van der Waals surface area contributed by atoms with Crippen molar-refractivity contribution in [2.45, 2.75) is 61.4 Å². The second-order valence-electron chi connectivity index (χ2n) is 6.78. The summed E-state index contributed by atoms with van der Waals surface area (Å²) in [4.78, 5) is 0. The van der Waals surface area contributed by atoms with Crippen molar-refractivity contribution < 1.29 is 59.4 Å². The molecule has 172 valence electrons. The van der Waals surface area contributed by atoms with Gasteiger partial charge in [0, 0.05) is 6.54 Å².